The van der Waals surface area contributed by atoms with Crippen LogP contribution in [0.1, 0.15) is 142 Å². The summed E-state index contributed by atoms with van der Waals surface area (Å²) in [4.78, 5) is 0. The zero-order chi connectivity index (χ0) is 21.6. The Hall–Kier alpha value is 0.870. The Morgan fingerprint density at radius 3 is 1.20 bits per heavy atom. The smallest absolute Gasteiger partial charge is 0.726 e. The maximum Gasteiger partial charge on any atom is 1.00 e. The van der Waals surface area contributed by atoms with Gasteiger partial charge in [-0.2, -0.15) is 0 Å². The van der Waals surface area contributed by atoms with E-state index < -0.39 is 10.4 Å². The molecule has 0 amide bonds. The first-order valence-electron chi connectivity index (χ1n) is 12.6. The Bertz CT molecular complexity index is 429. The van der Waals surface area contributed by atoms with E-state index in [1.54, 1.807) is 0 Å². The van der Waals surface area contributed by atoms with Gasteiger partial charge >= 0.3 is 29.6 Å². The van der Waals surface area contributed by atoms with Crippen molar-refractivity contribution in [3.05, 3.63) is 0 Å². The first-order chi connectivity index (χ1) is 14.0. The quantitative estimate of drug-likeness (QED) is 0.0947. The monoisotopic (exact) mass is 456 g/mol. The molecule has 0 rings (SSSR count). The number of hydrogen-bond acceptors (Lipinski definition) is 4. The average Bonchev–Trinajstić information content (AvgIpc) is 2.68. The molecule has 0 aliphatic heterocycles. The van der Waals surface area contributed by atoms with Crippen LogP contribution >= 0.6 is 0 Å². The zero-order valence-corrected chi connectivity index (χ0v) is 23.3. The summed E-state index contributed by atoms with van der Waals surface area (Å²) in [7, 11) is -4.57. The molecule has 0 saturated carbocycles. The van der Waals surface area contributed by atoms with Gasteiger partial charge in [-0.05, 0) is 18.8 Å². The molecule has 0 aromatic heterocycles. The second-order valence-electron chi connectivity index (χ2n) is 8.79. The number of hydrogen-bond donors (Lipinski definition) is 0. The minimum atomic E-state index is -4.57. The van der Waals surface area contributed by atoms with Crippen LogP contribution in [0, 0.1) is 5.92 Å². The molecule has 0 bridgehead atoms. The van der Waals surface area contributed by atoms with Gasteiger partial charge in [0.15, 0.2) is 0 Å². The molecule has 0 saturated heterocycles. The summed E-state index contributed by atoms with van der Waals surface area (Å²) in [5, 5.41) is 0. The third-order valence-electron chi connectivity index (χ3n) is 5.88. The van der Waals surface area contributed by atoms with E-state index in [2.05, 4.69) is 18.0 Å². The molecule has 6 heteroatoms. The summed E-state index contributed by atoms with van der Waals surface area (Å²) in [6.07, 6.45) is 25.1. The molecule has 0 fully saturated rings. The SMILES string of the molecule is CCCCCCCCCCCCC(CCCCCCCCCC)COS(=O)(=O)[O-].[Na+]. The first-order valence-corrected chi connectivity index (χ1v) is 13.9. The van der Waals surface area contributed by atoms with Crippen LogP contribution in [0.25, 0.3) is 0 Å². The molecule has 4 nitrogen and oxygen atoms in total. The summed E-state index contributed by atoms with van der Waals surface area (Å²) < 4.78 is 37.0. The van der Waals surface area contributed by atoms with Crippen LogP contribution in [-0.2, 0) is 14.6 Å². The van der Waals surface area contributed by atoms with Crippen LogP contribution in [0.3, 0.4) is 0 Å². The van der Waals surface area contributed by atoms with Gasteiger partial charge in [-0.25, -0.2) is 8.42 Å². The van der Waals surface area contributed by atoms with E-state index in [-0.39, 0.29) is 42.1 Å². The average molecular weight is 457 g/mol. The molecule has 0 radical (unpaired) electrons. The Morgan fingerprint density at radius 2 is 0.900 bits per heavy atom. The Kier molecular flexibility index (Phi) is 27.0. The predicted molar refractivity (Wildman–Crippen MR) is 123 cm³/mol. The number of unbranched alkanes of at least 4 members (excludes halogenated alkanes) is 16. The van der Waals surface area contributed by atoms with Crippen molar-refractivity contribution in [3.8, 4) is 0 Å². The van der Waals surface area contributed by atoms with E-state index >= 15 is 0 Å². The van der Waals surface area contributed by atoms with Gasteiger partial charge in [0.2, 0.25) is 10.4 Å². The molecular weight excluding hydrogens is 407 g/mol. The van der Waals surface area contributed by atoms with E-state index in [9.17, 15) is 13.0 Å². The molecule has 0 N–H and O–H groups in total. The molecule has 1 unspecified atom stereocenters. The van der Waals surface area contributed by atoms with E-state index in [0.29, 0.717) is 0 Å². The molecule has 0 heterocycles. The van der Waals surface area contributed by atoms with Gasteiger partial charge in [0, 0.05) is 0 Å². The standard InChI is InChI=1S/C24H50O4S.Na/c1-3-5-7-9-11-13-14-16-18-20-22-24(23-28-29(25,26)27)21-19-17-15-12-10-8-6-4-2;/h24H,3-23H2,1-2H3,(H,25,26,27);/q;+1/p-1. The van der Waals surface area contributed by atoms with Crippen molar-refractivity contribution in [2.75, 3.05) is 6.61 Å². The topological polar surface area (TPSA) is 66.4 Å². The van der Waals surface area contributed by atoms with Crippen molar-refractivity contribution < 1.29 is 46.7 Å². The van der Waals surface area contributed by atoms with Crippen LogP contribution in [0.2, 0.25) is 0 Å². The van der Waals surface area contributed by atoms with Gasteiger partial charge in [0.25, 0.3) is 0 Å². The van der Waals surface area contributed by atoms with Crippen LogP contribution in [0.15, 0.2) is 0 Å². The third kappa shape index (κ3) is 26.9. The maximum atomic E-state index is 10.8. The van der Waals surface area contributed by atoms with Crippen molar-refractivity contribution in [1.29, 1.82) is 0 Å². The van der Waals surface area contributed by atoms with Gasteiger partial charge in [-0.15, -0.1) is 0 Å². The molecule has 0 aliphatic carbocycles. The second kappa shape index (κ2) is 24.5. The molecule has 0 aromatic carbocycles. The first kappa shape index (κ1) is 33.0. The van der Waals surface area contributed by atoms with E-state index in [1.807, 2.05) is 0 Å². The minimum absolute atomic E-state index is 0. The molecule has 0 spiro atoms. The van der Waals surface area contributed by atoms with E-state index in [4.69, 9.17) is 0 Å². The van der Waals surface area contributed by atoms with Crippen LogP contribution in [-0.4, -0.2) is 19.6 Å². The summed E-state index contributed by atoms with van der Waals surface area (Å²) >= 11 is 0. The Morgan fingerprint density at radius 1 is 0.600 bits per heavy atom. The zero-order valence-electron chi connectivity index (χ0n) is 20.5. The van der Waals surface area contributed by atoms with Crippen LogP contribution < -0.4 is 29.6 Å². The molecule has 1 atom stereocenters. The van der Waals surface area contributed by atoms with Crippen molar-refractivity contribution in [2.24, 2.45) is 5.92 Å². The minimum Gasteiger partial charge on any atom is -0.726 e. The molecule has 176 valence electrons. The fourth-order valence-electron chi connectivity index (χ4n) is 3.98. The van der Waals surface area contributed by atoms with E-state index in [0.717, 1.165) is 25.7 Å². The van der Waals surface area contributed by atoms with Gasteiger partial charge < -0.3 is 4.55 Å². The summed E-state index contributed by atoms with van der Waals surface area (Å²) in [5.74, 6) is 0.202. The summed E-state index contributed by atoms with van der Waals surface area (Å²) in [6, 6.07) is 0. The Balaban J connectivity index is 0. The second-order valence-corrected chi connectivity index (χ2v) is 9.85. The Labute approximate surface area is 210 Å². The largest absolute Gasteiger partial charge is 1.00 e. The predicted octanol–water partition coefficient (Wildman–Crippen LogP) is 4.93. The molecule has 0 aromatic rings. The molecule has 30 heavy (non-hydrogen) atoms. The molecule has 0 aliphatic rings. The fourth-order valence-corrected chi connectivity index (χ4v) is 4.34. The molecular formula is C24H49NaO4S. The number of rotatable bonds is 23. The van der Waals surface area contributed by atoms with Crippen LogP contribution in [0.5, 0.6) is 0 Å². The van der Waals surface area contributed by atoms with Crippen LogP contribution in [0.4, 0.5) is 0 Å². The maximum absolute atomic E-state index is 10.8. The van der Waals surface area contributed by atoms with Gasteiger partial charge in [0.05, 0.1) is 6.61 Å². The van der Waals surface area contributed by atoms with Gasteiger partial charge in [0.1, 0.15) is 0 Å². The fraction of sp³-hybridized carbons (Fsp3) is 1.00. The van der Waals surface area contributed by atoms with E-state index in [1.165, 1.54) is 103 Å². The van der Waals surface area contributed by atoms with Crippen molar-refractivity contribution in [2.45, 2.75) is 142 Å². The third-order valence-corrected chi connectivity index (χ3v) is 6.30. The normalized spacial score (nSPS) is 12.6. The van der Waals surface area contributed by atoms with Crippen molar-refractivity contribution >= 4 is 10.4 Å². The van der Waals surface area contributed by atoms with Crippen molar-refractivity contribution in [1.82, 2.24) is 0 Å². The summed E-state index contributed by atoms with van der Waals surface area (Å²) in [6.45, 7) is 4.55. The summed E-state index contributed by atoms with van der Waals surface area (Å²) in [5.41, 5.74) is 0. The van der Waals surface area contributed by atoms with Gasteiger partial charge in [-0.1, -0.05) is 129 Å². The van der Waals surface area contributed by atoms with Crippen molar-refractivity contribution in [3.63, 3.8) is 0 Å². The van der Waals surface area contributed by atoms with Gasteiger partial charge in [-0.3, -0.25) is 4.18 Å².